The maximum atomic E-state index is 15.3. The molecule has 2 amide bonds. The number of carbonyl (C=O) groups excluding carboxylic acids is 3. The normalized spacial score (nSPS) is 19.5. The summed E-state index contributed by atoms with van der Waals surface area (Å²) >= 11 is 0. The third-order valence-electron chi connectivity index (χ3n) is 13.6. The number of aliphatic imine (C=N–C) groups is 1. The number of nitrogens with one attached hydrogen (secondary N) is 2. The summed E-state index contributed by atoms with van der Waals surface area (Å²) in [5.74, 6) is 0.0689. The molecule has 0 radical (unpaired) electrons. The van der Waals surface area contributed by atoms with Crippen LogP contribution in [0.25, 0.3) is 0 Å². The topological polar surface area (TPSA) is 130 Å². The van der Waals surface area contributed by atoms with Crippen molar-refractivity contribution in [3.63, 3.8) is 0 Å². The summed E-state index contributed by atoms with van der Waals surface area (Å²) in [6.07, 6.45) is 18.3. The molecule has 2 aromatic carbocycles. The number of benzene rings is 2. The maximum absolute atomic E-state index is 15.3. The molecule has 6 rings (SSSR count). The molecule has 4 heterocycles. The van der Waals surface area contributed by atoms with Crippen LogP contribution >= 0.6 is 0 Å². The number of likely N-dealkylation sites (N-methyl/N-ethyl adjacent to an activating group) is 1. The van der Waals surface area contributed by atoms with Crippen LogP contribution in [0.1, 0.15) is 80.6 Å². The molecule has 2 unspecified atom stereocenters. The molecular formula is C52H70FN9O3. The SMILES string of the molecule is C=CC1=C(/C=C\N(C)/C(=C/C=NC)C(=C)/C=C(\C)C(C)N2CCC(c3ccc(C(=O)N4CCC(CN5CCN(c6ccc(NC(CCC=O)C(N)=O)cc6F)C5)CC4)cc3)CC2)NCC1. The molecule has 4 N–H and O–H groups in total. The van der Waals surface area contributed by atoms with Crippen molar-refractivity contribution in [2.75, 3.05) is 83.3 Å². The summed E-state index contributed by atoms with van der Waals surface area (Å²) in [4.78, 5) is 51.4. The highest BCUT2D eigenvalue weighted by atomic mass is 19.1. The summed E-state index contributed by atoms with van der Waals surface area (Å²) in [5, 5.41) is 6.39. The largest absolute Gasteiger partial charge is 0.384 e. The first kappa shape index (κ1) is 48.7. The highest BCUT2D eigenvalue weighted by Crippen LogP contribution is 2.32. The van der Waals surface area contributed by atoms with E-state index in [1.807, 2.05) is 47.3 Å². The first-order valence-corrected chi connectivity index (χ1v) is 23.3. The van der Waals surface area contributed by atoms with Gasteiger partial charge in [0.2, 0.25) is 5.91 Å². The van der Waals surface area contributed by atoms with Crippen molar-refractivity contribution in [3.05, 3.63) is 131 Å². The number of anilines is 2. The molecule has 0 aromatic heterocycles. The molecule has 3 fully saturated rings. The zero-order valence-corrected chi connectivity index (χ0v) is 39.0. The second kappa shape index (κ2) is 23.4. The highest BCUT2D eigenvalue weighted by molar-refractivity contribution is 5.94. The first-order valence-electron chi connectivity index (χ1n) is 23.3. The van der Waals surface area contributed by atoms with Gasteiger partial charge in [0.25, 0.3) is 5.91 Å². The van der Waals surface area contributed by atoms with Gasteiger partial charge in [-0.2, -0.15) is 0 Å². The van der Waals surface area contributed by atoms with Gasteiger partial charge in [0.1, 0.15) is 18.1 Å². The summed E-state index contributed by atoms with van der Waals surface area (Å²) in [6, 6.07) is 12.7. The Morgan fingerprint density at radius 3 is 2.46 bits per heavy atom. The van der Waals surface area contributed by atoms with Crippen LogP contribution in [-0.2, 0) is 9.59 Å². The second-order valence-electron chi connectivity index (χ2n) is 18.0. The van der Waals surface area contributed by atoms with Crippen LogP contribution < -0.4 is 21.3 Å². The number of primary amides is 1. The zero-order valence-electron chi connectivity index (χ0n) is 39.0. The number of aldehydes is 1. The molecule has 4 aliphatic heterocycles. The lowest BCUT2D eigenvalue weighted by atomic mass is 9.88. The van der Waals surface area contributed by atoms with Crippen LogP contribution in [0, 0.1) is 11.7 Å². The van der Waals surface area contributed by atoms with Crippen LogP contribution in [0.4, 0.5) is 15.8 Å². The molecule has 3 saturated heterocycles. The summed E-state index contributed by atoms with van der Waals surface area (Å²) in [7, 11) is 3.81. The highest BCUT2D eigenvalue weighted by Gasteiger charge is 2.30. The van der Waals surface area contributed by atoms with Crippen LogP contribution in [-0.4, -0.2) is 129 Å². The third-order valence-corrected chi connectivity index (χ3v) is 13.6. The zero-order chi connectivity index (χ0) is 46.5. The van der Waals surface area contributed by atoms with Gasteiger partial charge >= 0.3 is 0 Å². The van der Waals surface area contributed by atoms with Crippen LogP contribution in [0.15, 0.2) is 119 Å². The van der Waals surface area contributed by atoms with Crippen molar-refractivity contribution in [2.45, 2.75) is 76.8 Å². The fourth-order valence-corrected chi connectivity index (χ4v) is 9.53. The Morgan fingerprint density at radius 2 is 1.80 bits per heavy atom. The number of halogens is 1. The van der Waals surface area contributed by atoms with Gasteiger partial charge in [0.15, 0.2) is 0 Å². The summed E-state index contributed by atoms with van der Waals surface area (Å²) < 4.78 is 15.3. The molecule has 2 aromatic rings. The number of rotatable bonds is 20. The van der Waals surface area contributed by atoms with E-state index >= 15 is 4.39 Å². The minimum Gasteiger partial charge on any atom is -0.384 e. The molecule has 13 heteroatoms. The van der Waals surface area contributed by atoms with Crippen molar-refractivity contribution >= 4 is 35.7 Å². The van der Waals surface area contributed by atoms with Gasteiger partial charge in [-0.05, 0) is 136 Å². The quantitative estimate of drug-likeness (QED) is 0.0717. The van der Waals surface area contributed by atoms with Crippen molar-refractivity contribution in [2.24, 2.45) is 16.6 Å². The fourth-order valence-electron chi connectivity index (χ4n) is 9.53. The minimum absolute atomic E-state index is 0.0985. The molecule has 348 valence electrons. The second-order valence-corrected chi connectivity index (χ2v) is 18.0. The number of hydrogen-bond acceptors (Lipinski definition) is 10. The van der Waals surface area contributed by atoms with Gasteiger partial charge < -0.3 is 35.9 Å². The smallest absolute Gasteiger partial charge is 0.253 e. The van der Waals surface area contributed by atoms with Gasteiger partial charge in [0, 0.05) is 101 Å². The first-order chi connectivity index (χ1) is 31.4. The molecule has 0 spiro atoms. The Bertz CT molecular complexity index is 2160. The predicted octanol–water partition coefficient (Wildman–Crippen LogP) is 7.24. The van der Waals surface area contributed by atoms with E-state index in [1.54, 1.807) is 19.2 Å². The van der Waals surface area contributed by atoms with E-state index in [1.165, 1.54) is 22.8 Å². The lowest BCUT2D eigenvalue weighted by molar-refractivity contribution is -0.119. The van der Waals surface area contributed by atoms with Crippen LogP contribution in [0.2, 0.25) is 0 Å². The molecule has 0 saturated carbocycles. The number of nitrogens with two attached hydrogens (primary N) is 1. The van der Waals surface area contributed by atoms with Gasteiger partial charge in [-0.15, -0.1) is 0 Å². The maximum Gasteiger partial charge on any atom is 0.253 e. The average Bonchev–Trinajstić information content (AvgIpc) is 3.99. The molecule has 0 bridgehead atoms. The van der Waals surface area contributed by atoms with E-state index in [2.05, 4.69) is 87.8 Å². The molecule has 0 aliphatic carbocycles. The Kier molecular flexibility index (Phi) is 17.5. The molecule has 12 nitrogen and oxygen atoms in total. The summed E-state index contributed by atoms with van der Waals surface area (Å²) in [6.45, 7) is 20.4. The molecule has 65 heavy (non-hydrogen) atoms. The lowest BCUT2D eigenvalue weighted by Crippen LogP contribution is -2.41. The number of piperidine rings is 2. The monoisotopic (exact) mass is 888 g/mol. The van der Waals surface area contributed by atoms with Crippen LogP contribution in [0.5, 0.6) is 0 Å². The number of likely N-dealkylation sites (tertiary alicyclic amines) is 2. The lowest BCUT2D eigenvalue weighted by Gasteiger charge is -2.37. The third kappa shape index (κ3) is 12.9. The van der Waals surface area contributed by atoms with E-state index in [0.29, 0.717) is 36.4 Å². The summed E-state index contributed by atoms with van der Waals surface area (Å²) in [5.41, 5.74) is 14.0. The fraction of sp³-hybridized carbons (Fsp3) is 0.462. The van der Waals surface area contributed by atoms with E-state index in [4.69, 9.17) is 5.73 Å². The molecular weight excluding hydrogens is 818 g/mol. The van der Waals surface area contributed by atoms with Crippen molar-refractivity contribution < 1.29 is 18.8 Å². The minimum atomic E-state index is -0.744. The molecule has 2 atom stereocenters. The average molecular weight is 888 g/mol. The number of carbonyl (C=O) groups is 3. The predicted molar refractivity (Wildman–Crippen MR) is 262 cm³/mol. The Labute approximate surface area is 386 Å². The van der Waals surface area contributed by atoms with Gasteiger partial charge in [-0.25, -0.2) is 4.39 Å². The van der Waals surface area contributed by atoms with E-state index < -0.39 is 11.9 Å². The Morgan fingerprint density at radius 1 is 1.06 bits per heavy atom. The molecule has 4 aliphatic rings. The van der Waals surface area contributed by atoms with Gasteiger partial charge in [-0.3, -0.25) is 24.4 Å². The standard InChI is InChI=1S/C52H70FN9O3/c1-7-41-16-24-56-47(41)22-25-58(6)49(17-23-55-5)38(3)33-37(2)39(4)60-28-20-43(21-29-60)42-10-12-44(13-11-42)52(65)61-26-18-40(19-27-61)35-59-30-31-62(36-59)50-15-14-45(34-46(50)53)57-48(51(54)64)9-8-32-63/h7,10-15,17,22-23,25,32-34,39-40,43,48,56-57H,1,3,8-9,16,18-21,24,26-31,35-36H2,2,4-6H3,(H2,54,64)/b25-22-,37-33+,49-17+,55-23?. The van der Waals surface area contributed by atoms with Crippen molar-refractivity contribution in [1.29, 1.82) is 0 Å². The van der Waals surface area contributed by atoms with E-state index in [-0.39, 0.29) is 30.6 Å². The van der Waals surface area contributed by atoms with Gasteiger partial charge in [-0.1, -0.05) is 43.0 Å². The van der Waals surface area contributed by atoms with Crippen molar-refractivity contribution in [1.82, 2.24) is 24.9 Å². The Hall–Kier alpha value is -5.79. The van der Waals surface area contributed by atoms with E-state index in [9.17, 15) is 14.4 Å². The number of allylic oxidation sites excluding steroid dienone is 4. The van der Waals surface area contributed by atoms with Gasteiger partial charge in [0.05, 0.1) is 12.4 Å². The number of nitrogens with zero attached hydrogens (tertiary/aromatic N) is 6. The Balaban J connectivity index is 0.932. The van der Waals surface area contributed by atoms with E-state index in [0.717, 1.165) is 107 Å². The van der Waals surface area contributed by atoms with Crippen molar-refractivity contribution in [3.8, 4) is 0 Å². The number of amides is 2. The number of hydrogen-bond donors (Lipinski definition) is 3. The van der Waals surface area contributed by atoms with Crippen LogP contribution in [0.3, 0.4) is 0 Å².